The van der Waals surface area contributed by atoms with Gasteiger partial charge in [0, 0.05) is 12.0 Å². The van der Waals surface area contributed by atoms with Gasteiger partial charge in [-0.2, -0.15) is 0 Å². The SMILES string of the molecule is CC(CCN)c1nc2cc(Br)c(F)cc2[nH]1. The fourth-order valence-corrected chi connectivity index (χ4v) is 1.98. The molecular formula is C11H13BrFN3. The summed E-state index contributed by atoms with van der Waals surface area (Å²) in [6.07, 6.45) is 0.865. The summed E-state index contributed by atoms with van der Waals surface area (Å²) >= 11 is 3.14. The molecule has 0 aliphatic heterocycles. The van der Waals surface area contributed by atoms with Gasteiger partial charge in [0.05, 0.1) is 15.5 Å². The van der Waals surface area contributed by atoms with Crippen molar-refractivity contribution in [3.8, 4) is 0 Å². The molecule has 0 radical (unpaired) electrons. The van der Waals surface area contributed by atoms with Gasteiger partial charge in [0.25, 0.3) is 0 Å². The first-order chi connectivity index (χ1) is 7.61. The zero-order valence-electron chi connectivity index (χ0n) is 8.93. The highest BCUT2D eigenvalue weighted by Gasteiger charge is 2.11. The van der Waals surface area contributed by atoms with Crippen molar-refractivity contribution in [1.82, 2.24) is 9.97 Å². The number of nitrogens with two attached hydrogens (primary N) is 1. The summed E-state index contributed by atoms with van der Waals surface area (Å²) < 4.78 is 13.7. The first kappa shape index (κ1) is 11.5. The molecule has 1 atom stereocenters. The van der Waals surface area contributed by atoms with Crippen molar-refractivity contribution >= 4 is 27.0 Å². The number of hydrogen-bond acceptors (Lipinski definition) is 2. The molecule has 0 saturated heterocycles. The van der Waals surface area contributed by atoms with Crippen LogP contribution < -0.4 is 5.73 Å². The summed E-state index contributed by atoms with van der Waals surface area (Å²) in [5.41, 5.74) is 6.99. The van der Waals surface area contributed by atoms with Gasteiger partial charge < -0.3 is 10.7 Å². The maximum absolute atomic E-state index is 13.3. The predicted octanol–water partition coefficient (Wildman–Crippen LogP) is 2.92. The molecule has 0 saturated carbocycles. The van der Waals surface area contributed by atoms with Gasteiger partial charge in [0.1, 0.15) is 11.6 Å². The summed E-state index contributed by atoms with van der Waals surface area (Å²) in [4.78, 5) is 7.55. The minimum Gasteiger partial charge on any atom is -0.342 e. The Balaban J connectivity index is 2.43. The Kier molecular flexibility index (Phi) is 3.25. The molecule has 3 N–H and O–H groups in total. The Hall–Kier alpha value is -0.940. The lowest BCUT2D eigenvalue weighted by Gasteiger charge is -2.04. The number of aromatic amines is 1. The molecule has 0 spiro atoms. The number of aromatic nitrogens is 2. The number of nitrogens with one attached hydrogen (secondary N) is 1. The lowest BCUT2D eigenvalue weighted by Crippen LogP contribution is -2.05. The molecule has 1 aromatic carbocycles. The number of benzene rings is 1. The molecule has 5 heteroatoms. The number of fused-ring (bicyclic) bond motifs is 1. The van der Waals surface area contributed by atoms with Crippen LogP contribution in [-0.2, 0) is 0 Å². The van der Waals surface area contributed by atoms with E-state index in [1.165, 1.54) is 6.07 Å². The summed E-state index contributed by atoms with van der Waals surface area (Å²) in [6.45, 7) is 2.67. The van der Waals surface area contributed by atoms with Crippen LogP contribution in [0.3, 0.4) is 0 Å². The van der Waals surface area contributed by atoms with Gasteiger partial charge >= 0.3 is 0 Å². The summed E-state index contributed by atoms with van der Waals surface area (Å²) in [5.74, 6) is 0.839. The molecule has 3 nitrogen and oxygen atoms in total. The van der Waals surface area contributed by atoms with Gasteiger partial charge in [-0.1, -0.05) is 6.92 Å². The van der Waals surface area contributed by atoms with E-state index in [0.29, 0.717) is 11.0 Å². The van der Waals surface area contributed by atoms with Crippen molar-refractivity contribution in [2.45, 2.75) is 19.3 Å². The van der Waals surface area contributed by atoms with Gasteiger partial charge in [-0.15, -0.1) is 0 Å². The van der Waals surface area contributed by atoms with Crippen molar-refractivity contribution < 1.29 is 4.39 Å². The Morgan fingerprint density at radius 1 is 1.56 bits per heavy atom. The molecule has 1 unspecified atom stereocenters. The number of rotatable bonds is 3. The fraction of sp³-hybridized carbons (Fsp3) is 0.364. The standard InChI is InChI=1S/C11H13BrFN3/c1-6(2-3-14)11-15-9-4-7(12)8(13)5-10(9)16-11/h4-6H,2-3,14H2,1H3,(H,15,16). The van der Waals surface area contributed by atoms with Crippen molar-refractivity contribution in [2.75, 3.05) is 6.54 Å². The number of H-pyrrole nitrogens is 1. The van der Waals surface area contributed by atoms with Crippen LogP contribution in [0.1, 0.15) is 25.1 Å². The molecule has 2 rings (SSSR count). The van der Waals surface area contributed by atoms with Crippen LogP contribution in [0.5, 0.6) is 0 Å². The molecule has 0 aliphatic rings. The number of halogens is 2. The van der Waals surface area contributed by atoms with Gasteiger partial charge in [0.2, 0.25) is 0 Å². The van der Waals surface area contributed by atoms with Crippen LogP contribution >= 0.6 is 15.9 Å². The molecule has 0 fully saturated rings. The van der Waals surface area contributed by atoms with E-state index in [1.54, 1.807) is 6.07 Å². The second kappa shape index (κ2) is 4.51. The van der Waals surface area contributed by atoms with E-state index in [4.69, 9.17) is 5.73 Å². The first-order valence-corrected chi connectivity index (χ1v) is 5.96. The number of hydrogen-bond donors (Lipinski definition) is 2. The predicted molar refractivity (Wildman–Crippen MR) is 65.8 cm³/mol. The van der Waals surface area contributed by atoms with E-state index < -0.39 is 0 Å². The average molecular weight is 286 g/mol. The molecule has 0 aliphatic carbocycles. The number of nitrogens with zero attached hydrogens (tertiary/aromatic N) is 1. The third-order valence-electron chi connectivity index (χ3n) is 2.61. The zero-order valence-corrected chi connectivity index (χ0v) is 10.5. The lowest BCUT2D eigenvalue weighted by atomic mass is 10.1. The molecule has 16 heavy (non-hydrogen) atoms. The van der Waals surface area contributed by atoms with E-state index in [1.807, 2.05) is 0 Å². The van der Waals surface area contributed by atoms with Gasteiger partial charge in [0.15, 0.2) is 0 Å². The largest absolute Gasteiger partial charge is 0.342 e. The van der Waals surface area contributed by atoms with Crippen LogP contribution in [0.2, 0.25) is 0 Å². The highest BCUT2D eigenvalue weighted by Crippen LogP contribution is 2.24. The summed E-state index contributed by atoms with van der Waals surface area (Å²) in [5, 5.41) is 0. The Labute approximate surface area is 101 Å². The van der Waals surface area contributed by atoms with Gasteiger partial charge in [-0.3, -0.25) is 0 Å². The van der Waals surface area contributed by atoms with Crippen LogP contribution in [0, 0.1) is 5.82 Å². The zero-order chi connectivity index (χ0) is 11.7. The van der Waals surface area contributed by atoms with E-state index in [-0.39, 0.29) is 11.7 Å². The van der Waals surface area contributed by atoms with E-state index in [9.17, 15) is 4.39 Å². The normalized spacial score (nSPS) is 13.2. The van der Waals surface area contributed by atoms with E-state index in [2.05, 4.69) is 32.8 Å². The summed E-state index contributed by atoms with van der Waals surface area (Å²) in [7, 11) is 0. The molecule has 1 heterocycles. The van der Waals surface area contributed by atoms with Crippen molar-refractivity contribution in [3.05, 3.63) is 28.2 Å². The quantitative estimate of drug-likeness (QED) is 0.911. The molecule has 1 aromatic heterocycles. The van der Waals surface area contributed by atoms with Crippen molar-refractivity contribution in [2.24, 2.45) is 5.73 Å². The molecular weight excluding hydrogens is 273 g/mol. The van der Waals surface area contributed by atoms with Gasteiger partial charge in [-0.05, 0) is 35.0 Å². The monoisotopic (exact) mass is 285 g/mol. The summed E-state index contributed by atoms with van der Waals surface area (Å²) in [6, 6.07) is 3.13. The molecule has 0 bridgehead atoms. The minimum absolute atomic E-state index is 0.263. The van der Waals surface area contributed by atoms with Crippen LogP contribution in [-0.4, -0.2) is 16.5 Å². The highest BCUT2D eigenvalue weighted by atomic mass is 79.9. The van der Waals surface area contributed by atoms with E-state index in [0.717, 1.165) is 23.3 Å². The molecule has 0 amide bonds. The smallest absolute Gasteiger partial charge is 0.139 e. The molecule has 86 valence electrons. The molecule has 2 aromatic rings. The lowest BCUT2D eigenvalue weighted by molar-refractivity contribution is 0.622. The Morgan fingerprint density at radius 2 is 2.31 bits per heavy atom. The Bertz CT molecular complexity index is 470. The van der Waals surface area contributed by atoms with Gasteiger partial charge in [-0.25, -0.2) is 9.37 Å². The number of imidazole rings is 1. The Morgan fingerprint density at radius 3 is 3.00 bits per heavy atom. The second-order valence-electron chi connectivity index (χ2n) is 3.88. The van der Waals surface area contributed by atoms with Crippen LogP contribution in [0.4, 0.5) is 4.39 Å². The minimum atomic E-state index is -0.283. The fourth-order valence-electron chi connectivity index (χ4n) is 1.64. The third kappa shape index (κ3) is 2.10. The third-order valence-corrected chi connectivity index (χ3v) is 3.22. The van der Waals surface area contributed by atoms with Crippen molar-refractivity contribution in [3.63, 3.8) is 0 Å². The van der Waals surface area contributed by atoms with Crippen LogP contribution in [0.25, 0.3) is 11.0 Å². The van der Waals surface area contributed by atoms with Crippen molar-refractivity contribution in [1.29, 1.82) is 0 Å². The maximum Gasteiger partial charge on any atom is 0.139 e. The maximum atomic E-state index is 13.3. The first-order valence-electron chi connectivity index (χ1n) is 5.16. The van der Waals surface area contributed by atoms with E-state index >= 15 is 0 Å². The second-order valence-corrected chi connectivity index (χ2v) is 4.74. The highest BCUT2D eigenvalue weighted by molar-refractivity contribution is 9.10. The topological polar surface area (TPSA) is 54.7 Å². The average Bonchev–Trinajstić information content (AvgIpc) is 2.62. The van der Waals surface area contributed by atoms with Crippen LogP contribution in [0.15, 0.2) is 16.6 Å².